The molecule has 4 rings (SSSR count). The molecule has 0 atom stereocenters. The van der Waals surface area contributed by atoms with Gasteiger partial charge in [0.05, 0.1) is 25.3 Å². The summed E-state index contributed by atoms with van der Waals surface area (Å²) in [4.78, 5) is 23.0. The highest BCUT2D eigenvalue weighted by Crippen LogP contribution is 2.42. The highest BCUT2D eigenvalue weighted by atomic mass is 35.5. The van der Waals surface area contributed by atoms with Crippen LogP contribution < -0.4 is 10.5 Å². The molecule has 168 valence electrons. The van der Waals surface area contributed by atoms with Crippen LogP contribution in [-0.2, 0) is 11.3 Å². The Morgan fingerprint density at radius 3 is 2.59 bits per heavy atom. The van der Waals surface area contributed by atoms with E-state index in [1.54, 1.807) is 0 Å². The molecule has 11 heteroatoms. The second kappa shape index (κ2) is 8.79. The van der Waals surface area contributed by atoms with Crippen molar-refractivity contribution in [2.45, 2.75) is 13.0 Å². The first-order chi connectivity index (χ1) is 15.3. The van der Waals surface area contributed by atoms with Crippen LogP contribution in [0.5, 0.6) is 5.75 Å². The van der Waals surface area contributed by atoms with E-state index in [1.807, 2.05) is 4.90 Å². The van der Waals surface area contributed by atoms with Crippen molar-refractivity contribution >= 4 is 34.3 Å². The Kier molecular flexibility index (Phi) is 6.07. The average molecular weight is 467 g/mol. The zero-order chi connectivity index (χ0) is 23.0. The molecule has 1 N–H and O–H groups in total. The number of hydrogen-bond acceptors (Lipinski definition) is 6. The predicted molar refractivity (Wildman–Crippen MR) is 115 cm³/mol. The second-order valence-electron chi connectivity index (χ2n) is 7.11. The standard InChI is InChI=1S/C21H18ClF3N4O3/c1-11(23)16-13(8-12(22)9-14(16)28-4-6-32-7-5-28)17-19(30)18-20(27-3-2-26-18)29(21(17)31)10-15(24)25/h2-3,8-9,15,30H,1,4-7,10H2. The predicted octanol–water partition coefficient (Wildman–Crippen LogP) is 3.86. The average Bonchev–Trinajstić information content (AvgIpc) is 2.76. The molecule has 1 fully saturated rings. The maximum atomic E-state index is 14.8. The van der Waals surface area contributed by atoms with Gasteiger partial charge in [-0.15, -0.1) is 0 Å². The highest BCUT2D eigenvalue weighted by Gasteiger charge is 2.27. The summed E-state index contributed by atoms with van der Waals surface area (Å²) < 4.78 is 47.3. The fourth-order valence-electron chi connectivity index (χ4n) is 3.82. The molecule has 3 aromatic rings. The van der Waals surface area contributed by atoms with Crippen LogP contribution in [0.15, 0.2) is 35.9 Å². The molecule has 7 nitrogen and oxygen atoms in total. The van der Waals surface area contributed by atoms with E-state index < -0.39 is 35.7 Å². The number of nitrogens with zero attached hydrogens (tertiary/aromatic N) is 4. The molecule has 0 saturated carbocycles. The lowest BCUT2D eigenvalue weighted by atomic mass is 9.96. The summed E-state index contributed by atoms with van der Waals surface area (Å²) in [6, 6.07) is 2.81. The molecule has 3 heterocycles. The zero-order valence-corrected chi connectivity index (χ0v) is 17.4. The Morgan fingerprint density at radius 2 is 1.94 bits per heavy atom. The number of benzene rings is 1. The van der Waals surface area contributed by atoms with Gasteiger partial charge in [-0.25, -0.2) is 23.1 Å². The fourth-order valence-corrected chi connectivity index (χ4v) is 4.04. The first-order valence-electron chi connectivity index (χ1n) is 9.65. The summed E-state index contributed by atoms with van der Waals surface area (Å²) in [7, 11) is 0. The normalized spacial score (nSPS) is 14.3. The molecule has 0 radical (unpaired) electrons. The molecule has 2 aromatic heterocycles. The van der Waals surface area contributed by atoms with Gasteiger partial charge >= 0.3 is 0 Å². The van der Waals surface area contributed by atoms with Gasteiger partial charge in [-0.1, -0.05) is 18.2 Å². The van der Waals surface area contributed by atoms with Crippen LogP contribution in [0.3, 0.4) is 0 Å². The van der Waals surface area contributed by atoms with Gasteiger partial charge in [0, 0.05) is 47.3 Å². The van der Waals surface area contributed by atoms with Crippen molar-refractivity contribution in [3.63, 3.8) is 0 Å². The topological polar surface area (TPSA) is 80.5 Å². The van der Waals surface area contributed by atoms with Crippen molar-refractivity contribution < 1.29 is 23.0 Å². The smallest absolute Gasteiger partial charge is 0.264 e. The number of alkyl halides is 2. The summed E-state index contributed by atoms with van der Waals surface area (Å²) in [5.41, 5.74) is -1.58. The Hall–Kier alpha value is -3.11. The van der Waals surface area contributed by atoms with Gasteiger partial charge in [0.2, 0.25) is 0 Å². The molecule has 1 aliphatic rings. The number of ether oxygens (including phenoxy) is 1. The molecule has 32 heavy (non-hydrogen) atoms. The molecule has 1 saturated heterocycles. The van der Waals surface area contributed by atoms with Crippen molar-refractivity contribution in [2.75, 3.05) is 31.2 Å². The van der Waals surface area contributed by atoms with Crippen molar-refractivity contribution in [2.24, 2.45) is 0 Å². The lowest BCUT2D eigenvalue weighted by molar-refractivity contribution is 0.122. The first kappa shape index (κ1) is 22.1. The lowest BCUT2D eigenvalue weighted by Crippen LogP contribution is -2.36. The number of fused-ring (bicyclic) bond motifs is 1. The number of morpholine rings is 1. The van der Waals surface area contributed by atoms with Crippen LogP contribution in [-0.4, -0.2) is 52.4 Å². The number of aromatic nitrogens is 3. The minimum Gasteiger partial charge on any atom is -0.505 e. The van der Waals surface area contributed by atoms with Crippen LogP contribution in [0, 0.1) is 0 Å². The van der Waals surface area contributed by atoms with Crippen LogP contribution in [0.4, 0.5) is 18.9 Å². The minimum absolute atomic E-state index is 0.0736. The number of anilines is 1. The summed E-state index contributed by atoms with van der Waals surface area (Å²) in [5, 5.41) is 11.1. The van der Waals surface area contributed by atoms with Gasteiger partial charge in [0.1, 0.15) is 11.3 Å². The first-order valence-corrected chi connectivity index (χ1v) is 10.0. The molecule has 0 amide bonds. The number of pyridine rings is 1. The van der Waals surface area contributed by atoms with Gasteiger partial charge in [-0.3, -0.25) is 9.36 Å². The fraction of sp³-hybridized carbons (Fsp3) is 0.286. The van der Waals surface area contributed by atoms with Gasteiger partial charge in [0.15, 0.2) is 11.4 Å². The van der Waals surface area contributed by atoms with Crippen molar-refractivity contribution in [1.29, 1.82) is 0 Å². The van der Waals surface area contributed by atoms with Crippen molar-refractivity contribution in [1.82, 2.24) is 14.5 Å². The maximum absolute atomic E-state index is 14.8. The van der Waals surface area contributed by atoms with E-state index in [1.165, 1.54) is 24.5 Å². The van der Waals surface area contributed by atoms with Crippen molar-refractivity contribution in [3.05, 3.63) is 52.0 Å². The highest BCUT2D eigenvalue weighted by molar-refractivity contribution is 6.31. The number of rotatable bonds is 5. The largest absolute Gasteiger partial charge is 0.505 e. The van der Waals surface area contributed by atoms with E-state index in [9.17, 15) is 23.1 Å². The van der Waals surface area contributed by atoms with Crippen LogP contribution in [0.2, 0.25) is 5.02 Å². The third-order valence-electron chi connectivity index (χ3n) is 5.15. The Bertz CT molecular complexity index is 1260. The maximum Gasteiger partial charge on any atom is 0.264 e. The molecular formula is C21H18ClF3N4O3. The molecular weight excluding hydrogens is 449 g/mol. The Labute approximate surface area is 185 Å². The van der Waals surface area contributed by atoms with E-state index in [4.69, 9.17) is 16.3 Å². The SMILES string of the molecule is C=C(F)c1c(-c2c(O)c3nccnc3n(CC(F)F)c2=O)cc(Cl)cc1N1CCOCC1. The number of hydrogen-bond donors (Lipinski definition) is 1. The van der Waals surface area contributed by atoms with Crippen LogP contribution in [0.25, 0.3) is 28.1 Å². The molecule has 1 aliphatic heterocycles. The molecule has 0 aliphatic carbocycles. The third-order valence-corrected chi connectivity index (χ3v) is 5.37. The van der Waals surface area contributed by atoms with E-state index in [2.05, 4.69) is 16.5 Å². The van der Waals surface area contributed by atoms with Gasteiger partial charge in [-0.2, -0.15) is 0 Å². The summed E-state index contributed by atoms with van der Waals surface area (Å²) in [6.07, 6.45) is -0.419. The van der Waals surface area contributed by atoms with Crippen molar-refractivity contribution in [3.8, 4) is 16.9 Å². The van der Waals surface area contributed by atoms with Crippen LogP contribution in [0.1, 0.15) is 5.56 Å². The van der Waals surface area contributed by atoms with E-state index in [-0.39, 0.29) is 27.3 Å². The summed E-state index contributed by atoms with van der Waals surface area (Å²) >= 11 is 6.29. The molecule has 1 aromatic carbocycles. The lowest BCUT2D eigenvalue weighted by Gasteiger charge is -2.31. The van der Waals surface area contributed by atoms with Gasteiger partial charge < -0.3 is 14.7 Å². The Morgan fingerprint density at radius 1 is 1.25 bits per heavy atom. The van der Waals surface area contributed by atoms with E-state index in [0.29, 0.717) is 36.6 Å². The zero-order valence-electron chi connectivity index (χ0n) is 16.7. The number of aromatic hydroxyl groups is 1. The minimum atomic E-state index is -2.88. The van der Waals surface area contributed by atoms with E-state index >= 15 is 0 Å². The van der Waals surface area contributed by atoms with Crippen LogP contribution >= 0.6 is 11.6 Å². The number of halogens is 4. The quantitative estimate of drug-likeness (QED) is 0.615. The van der Waals surface area contributed by atoms with E-state index in [0.717, 1.165) is 0 Å². The second-order valence-corrected chi connectivity index (χ2v) is 7.55. The third kappa shape index (κ3) is 3.91. The summed E-state index contributed by atoms with van der Waals surface area (Å²) in [6.45, 7) is 4.07. The molecule has 0 unspecified atom stereocenters. The molecule has 0 bridgehead atoms. The van der Waals surface area contributed by atoms with Gasteiger partial charge in [0.25, 0.3) is 12.0 Å². The summed E-state index contributed by atoms with van der Waals surface area (Å²) in [5.74, 6) is -1.49. The Balaban J connectivity index is 2.07. The van der Waals surface area contributed by atoms with Gasteiger partial charge in [-0.05, 0) is 12.1 Å². The molecule has 0 spiro atoms. The monoisotopic (exact) mass is 466 g/mol.